The summed E-state index contributed by atoms with van der Waals surface area (Å²) in [5.74, 6) is 8.98. The smallest absolute Gasteiger partial charge is 0.242 e. The number of nitrogen functional groups attached to an aromatic ring is 1. The van der Waals surface area contributed by atoms with E-state index in [4.69, 9.17) is 10.8 Å². The highest BCUT2D eigenvalue weighted by Crippen LogP contribution is 2.33. The van der Waals surface area contributed by atoms with E-state index >= 15 is 0 Å². The van der Waals surface area contributed by atoms with Gasteiger partial charge in [0.25, 0.3) is 0 Å². The Morgan fingerprint density at radius 3 is 2.61 bits per heavy atom. The number of aryl methyl sites for hydroxylation is 1. The average molecular weight is 464 g/mol. The van der Waals surface area contributed by atoms with Crippen molar-refractivity contribution < 1.29 is 8.42 Å². The molecule has 0 aliphatic heterocycles. The van der Waals surface area contributed by atoms with E-state index in [0.717, 1.165) is 36.6 Å². The second kappa shape index (κ2) is 8.79. The molecule has 0 atom stereocenters. The van der Waals surface area contributed by atoms with Crippen LogP contribution in [0.3, 0.4) is 0 Å². The lowest BCUT2D eigenvalue weighted by Gasteiger charge is -2.20. The molecule has 2 N–H and O–H groups in total. The van der Waals surface area contributed by atoms with Gasteiger partial charge in [0.1, 0.15) is 5.82 Å². The molecule has 2 aromatic heterocycles. The monoisotopic (exact) mass is 463 g/mol. The van der Waals surface area contributed by atoms with E-state index < -0.39 is 10.0 Å². The normalized spacial score (nSPS) is 15.9. The molecule has 0 spiro atoms. The minimum absolute atomic E-state index is 0.240. The van der Waals surface area contributed by atoms with Crippen LogP contribution >= 0.6 is 11.8 Å². The van der Waals surface area contributed by atoms with Gasteiger partial charge in [0, 0.05) is 26.6 Å². The van der Waals surface area contributed by atoms with Crippen molar-refractivity contribution in [1.29, 1.82) is 0 Å². The topological polar surface area (TPSA) is 112 Å². The molecular formula is C20H29N7O2S2. The second-order valence-corrected chi connectivity index (χ2v) is 11.1. The molecule has 2 heterocycles. The van der Waals surface area contributed by atoms with Crippen LogP contribution in [0.2, 0.25) is 0 Å². The summed E-state index contributed by atoms with van der Waals surface area (Å²) >= 11 is 1.50. The Bertz CT molecular complexity index is 1180. The highest BCUT2D eigenvalue weighted by molar-refractivity contribution is 7.98. The fourth-order valence-corrected chi connectivity index (χ4v) is 5.88. The average Bonchev–Trinajstić information content (AvgIpc) is 3.31. The van der Waals surface area contributed by atoms with Gasteiger partial charge in [-0.15, -0.1) is 10.2 Å². The lowest BCUT2D eigenvalue weighted by atomic mass is 9.89. The first-order valence-electron chi connectivity index (χ1n) is 10.6. The molecule has 1 aromatic carbocycles. The lowest BCUT2D eigenvalue weighted by Crippen LogP contribution is -2.22. The van der Waals surface area contributed by atoms with Crippen LogP contribution in [0.5, 0.6) is 0 Å². The Morgan fingerprint density at radius 1 is 1.19 bits per heavy atom. The Kier molecular flexibility index (Phi) is 6.27. The molecule has 0 radical (unpaired) electrons. The van der Waals surface area contributed by atoms with Crippen LogP contribution in [0.25, 0.3) is 11.0 Å². The molecule has 0 unspecified atom stereocenters. The van der Waals surface area contributed by atoms with E-state index in [2.05, 4.69) is 14.8 Å². The van der Waals surface area contributed by atoms with Crippen LogP contribution < -0.4 is 5.84 Å². The zero-order valence-electron chi connectivity index (χ0n) is 18.2. The van der Waals surface area contributed by atoms with Crippen LogP contribution in [-0.4, -0.2) is 51.2 Å². The Morgan fingerprint density at radius 2 is 1.94 bits per heavy atom. The number of hydrogen-bond donors (Lipinski definition) is 1. The quantitative estimate of drug-likeness (QED) is 0.423. The van der Waals surface area contributed by atoms with Gasteiger partial charge in [-0.05, 0) is 38.0 Å². The summed E-state index contributed by atoms with van der Waals surface area (Å²) in [6.45, 7) is 2.78. The lowest BCUT2D eigenvalue weighted by molar-refractivity contribution is 0.421. The van der Waals surface area contributed by atoms with E-state index in [0.29, 0.717) is 22.3 Å². The molecule has 11 heteroatoms. The third-order valence-corrected chi connectivity index (χ3v) is 8.64. The SMILES string of the molecule is CCn1c(CSc2nnc(C3CCCCC3)n2N)nc2cc(S(=O)(=O)N(C)C)ccc21. The van der Waals surface area contributed by atoms with Gasteiger partial charge in [0.15, 0.2) is 5.82 Å². The van der Waals surface area contributed by atoms with Crippen molar-refractivity contribution in [2.24, 2.45) is 0 Å². The predicted molar refractivity (Wildman–Crippen MR) is 122 cm³/mol. The Hall–Kier alpha value is -2.11. The fraction of sp³-hybridized carbons (Fsp3) is 0.550. The maximum Gasteiger partial charge on any atom is 0.242 e. The summed E-state index contributed by atoms with van der Waals surface area (Å²) in [7, 11) is -0.458. The van der Waals surface area contributed by atoms with Gasteiger partial charge in [0.05, 0.1) is 21.7 Å². The summed E-state index contributed by atoms with van der Waals surface area (Å²) in [4.78, 5) is 4.96. The molecule has 9 nitrogen and oxygen atoms in total. The van der Waals surface area contributed by atoms with Gasteiger partial charge in [-0.25, -0.2) is 22.4 Å². The summed E-state index contributed by atoms with van der Waals surface area (Å²) < 4.78 is 29.9. The summed E-state index contributed by atoms with van der Waals surface area (Å²) in [6, 6.07) is 5.09. The van der Waals surface area contributed by atoms with Crippen LogP contribution in [0, 0.1) is 0 Å². The number of benzene rings is 1. The predicted octanol–water partition coefficient (Wildman–Crippen LogP) is 2.95. The standard InChI is InChI=1S/C20H29N7O2S2/c1-4-26-17-11-10-15(31(28,29)25(2)3)12-16(17)22-18(26)13-30-20-24-23-19(27(20)21)14-8-6-5-7-9-14/h10-12,14H,4-9,13,21H2,1-3H3. The largest absolute Gasteiger partial charge is 0.336 e. The Labute approximate surface area is 187 Å². The molecule has 1 aliphatic carbocycles. The van der Waals surface area contributed by atoms with Crippen LogP contribution in [0.15, 0.2) is 28.3 Å². The van der Waals surface area contributed by atoms with E-state index in [1.807, 2.05) is 13.0 Å². The van der Waals surface area contributed by atoms with E-state index in [1.54, 1.807) is 16.8 Å². The van der Waals surface area contributed by atoms with Gasteiger partial charge < -0.3 is 10.4 Å². The molecule has 0 amide bonds. The number of nitrogens with zero attached hydrogens (tertiary/aromatic N) is 6. The van der Waals surface area contributed by atoms with Gasteiger partial charge in [-0.3, -0.25) is 0 Å². The maximum absolute atomic E-state index is 12.5. The molecule has 3 aromatic rings. The molecule has 168 valence electrons. The van der Waals surface area contributed by atoms with Crippen LogP contribution in [0.1, 0.15) is 56.6 Å². The second-order valence-electron chi connectivity index (χ2n) is 8.04. The van der Waals surface area contributed by atoms with E-state index in [1.165, 1.54) is 49.4 Å². The van der Waals surface area contributed by atoms with Gasteiger partial charge in [-0.2, -0.15) is 0 Å². The molecule has 1 saturated carbocycles. The molecule has 1 aliphatic rings. The number of aromatic nitrogens is 5. The number of rotatable bonds is 7. The fourth-order valence-electron chi connectivity index (χ4n) is 4.15. The van der Waals surface area contributed by atoms with Crippen LogP contribution in [-0.2, 0) is 22.3 Å². The first kappa shape index (κ1) is 22.1. The molecule has 0 saturated heterocycles. The van der Waals surface area contributed by atoms with Crippen molar-refractivity contribution in [3.05, 3.63) is 29.8 Å². The van der Waals surface area contributed by atoms with Gasteiger partial charge in [-0.1, -0.05) is 31.0 Å². The number of imidazole rings is 1. The molecule has 31 heavy (non-hydrogen) atoms. The van der Waals surface area contributed by atoms with Crippen molar-refractivity contribution >= 4 is 32.8 Å². The number of thioether (sulfide) groups is 1. The zero-order valence-corrected chi connectivity index (χ0v) is 19.8. The number of hydrogen-bond acceptors (Lipinski definition) is 7. The first-order valence-corrected chi connectivity index (χ1v) is 13.0. The number of nitrogens with two attached hydrogens (primary N) is 1. The van der Waals surface area contributed by atoms with E-state index in [9.17, 15) is 8.42 Å². The van der Waals surface area contributed by atoms with Crippen molar-refractivity contribution in [3.63, 3.8) is 0 Å². The summed E-state index contributed by atoms with van der Waals surface area (Å²) in [5, 5.41) is 9.34. The Balaban J connectivity index is 1.58. The van der Waals surface area contributed by atoms with Crippen molar-refractivity contribution in [2.45, 2.75) is 67.3 Å². The van der Waals surface area contributed by atoms with Crippen molar-refractivity contribution in [1.82, 2.24) is 28.7 Å². The van der Waals surface area contributed by atoms with E-state index in [-0.39, 0.29) is 4.90 Å². The minimum atomic E-state index is -3.51. The zero-order chi connectivity index (χ0) is 22.2. The number of fused-ring (bicyclic) bond motifs is 1. The van der Waals surface area contributed by atoms with Crippen molar-refractivity contribution in [3.8, 4) is 0 Å². The third-order valence-electron chi connectivity index (χ3n) is 5.89. The highest BCUT2D eigenvalue weighted by atomic mass is 32.2. The van der Waals surface area contributed by atoms with Crippen molar-refractivity contribution in [2.75, 3.05) is 19.9 Å². The van der Waals surface area contributed by atoms with Crippen LogP contribution in [0.4, 0.5) is 0 Å². The highest BCUT2D eigenvalue weighted by Gasteiger charge is 2.23. The molecule has 1 fully saturated rings. The maximum atomic E-state index is 12.5. The van der Waals surface area contributed by atoms with Gasteiger partial charge in [0.2, 0.25) is 15.2 Å². The summed E-state index contributed by atoms with van der Waals surface area (Å²) in [5.41, 5.74) is 1.57. The molecule has 0 bridgehead atoms. The molecule has 4 rings (SSSR count). The third kappa shape index (κ3) is 4.18. The molecular weight excluding hydrogens is 434 g/mol. The summed E-state index contributed by atoms with van der Waals surface area (Å²) in [6.07, 6.45) is 5.94. The first-order chi connectivity index (χ1) is 14.8. The van der Waals surface area contributed by atoms with Gasteiger partial charge >= 0.3 is 0 Å². The number of sulfonamides is 1. The minimum Gasteiger partial charge on any atom is -0.336 e.